The molecule has 5 nitrogen and oxygen atoms in total. The van der Waals surface area contributed by atoms with Crippen LogP contribution < -0.4 is 10.6 Å². The number of rotatable bonds is 4. The summed E-state index contributed by atoms with van der Waals surface area (Å²) >= 11 is 9.51. The molecule has 7 heteroatoms. The van der Waals surface area contributed by atoms with Gasteiger partial charge in [0.25, 0.3) is 0 Å². The van der Waals surface area contributed by atoms with Gasteiger partial charge in [0.15, 0.2) is 5.82 Å². The zero-order valence-corrected chi connectivity index (χ0v) is 14.6. The number of halogens is 2. The highest BCUT2D eigenvalue weighted by Gasteiger charge is 2.06. The van der Waals surface area contributed by atoms with Gasteiger partial charge < -0.3 is 10.6 Å². The lowest BCUT2D eigenvalue weighted by molar-refractivity contribution is 0.981. The molecule has 0 saturated heterocycles. The van der Waals surface area contributed by atoms with Crippen LogP contribution in [0, 0.1) is 6.92 Å². The Balaban J connectivity index is 1.83. The molecule has 0 radical (unpaired) electrons. The molecular formula is C16H13BrClN5. The van der Waals surface area contributed by atoms with Crippen LogP contribution in [0.2, 0.25) is 5.02 Å². The first-order chi connectivity index (χ1) is 11.1. The van der Waals surface area contributed by atoms with E-state index in [0.29, 0.717) is 16.8 Å². The Hall–Kier alpha value is -2.18. The molecular weight excluding hydrogens is 378 g/mol. The second kappa shape index (κ2) is 6.93. The molecule has 2 N–H and O–H groups in total. The topological polar surface area (TPSA) is 62.7 Å². The van der Waals surface area contributed by atoms with E-state index in [1.54, 1.807) is 6.20 Å². The van der Waals surface area contributed by atoms with E-state index in [1.807, 2.05) is 49.4 Å². The van der Waals surface area contributed by atoms with Gasteiger partial charge in [-0.05, 0) is 52.7 Å². The SMILES string of the molecule is Cc1ccc(Cl)cc1Nc1nncc(Nc2ccccc2Br)n1. The van der Waals surface area contributed by atoms with Crippen molar-refractivity contribution in [1.29, 1.82) is 0 Å². The van der Waals surface area contributed by atoms with Gasteiger partial charge in [-0.1, -0.05) is 29.8 Å². The smallest absolute Gasteiger partial charge is 0.249 e. The number of benzene rings is 2. The highest BCUT2D eigenvalue weighted by Crippen LogP contribution is 2.25. The molecule has 0 unspecified atom stereocenters. The van der Waals surface area contributed by atoms with Crippen LogP contribution in [-0.2, 0) is 0 Å². The lowest BCUT2D eigenvalue weighted by Crippen LogP contribution is -2.03. The Morgan fingerprint density at radius 1 is 1.04 bits per heavy atom. The molecule has 3 rings (SSSR count). The minimum absolute atomic E-state index is 0.396. The van der Waals surface area contributed by atoms with Gasteiger partial charge in [-0.2, -0.15) is 10.1 Å². The van der Waals surface area contributed by atoms with Gasteiger partial charge >= 0.3 is 0 Å². The van der Waals surface area contributed by atoms with E-state index >= 15 is 0 Å². The summed E-state index contributed by atoms with van der Waals surface area (Å²) in [5.41, 5.74) is 2.79. The molecule has 0 amide bonds. The van der Waals surface area contributed by atoms with Gasteiger partial charge in [0, 0.05) is 15.2 Å². The van der Waals surface area contributed by atoms with Crippen molar-refractivity contribution in [2.45, 2.75) is 6.92 Å². The van der Waals surface area contributed by atoms with Crippen LogP contribution in [0.4, 0.5) is 23.1 Å². The maximum Gasteiger partial charge on any atom is 0.249 e. The second-order valence-corrected chi connectivity index (χ2v) is 6.15. The minimum atomic E-state index is 0.396. The van der Waals surface area contributed by atoms with Gasteiger partial charge in [0.05, 0.1) is 11.9 Å². The molecule has 0 atom stereocenters. The first kappa shape index (κ1) is 15.7. The average molecular weight is 391 g/mol. The van der Waals surface area contributed by atoms with Crippen molar-refractivity contribution in [2.75, 3.05) is 10.6 Å². The molecule has 0 saturated carbocycles. The summed E-state index contributed by atoms with van der Waals surface area (Å²) in [4.78, 5) is 4.42. The van der Waals surface area contributed by atoms with Gasteiger partial charge in [0.2, 0.25) is 5.95 Å². The van der Waals surface area contributed by atoms with E-state index in [0.717, 1.165) is 21.4 Å². The number of nitrogens with zero attached hydrogens (tertiary/aromatic N) is 3. The second-order valence-electron chi connectivity index (χ2n) is 4.85. The van der Waals surface area contributed by atoms with Crippen molar-refractivity contribution in [3.05, 3.63) is 63.7 Å². The van der Waals surface area contributed by atoms with Crippen LogP contribution in [0.15, 0.2) is 53.1 Å². The fraction of sp³-hybridized carbons (Fsp3) is 0.0625. The van der Waals surface area contributed by atoms with Crippen LogP contribution in [0.3, 0.4) is 0 Å². The predicted molar refractivity (Wildman–Crippen MR) is 96.7 cm³/mol. The van der Waals surface area contributed by atoms with Crippen LogP contribution in [0.1, 0.15) is 5.56 Å². The summed E-state index contributed by atoms with van der Waals surface area (Å²) in [6.45, 7) is 1.98. The number of hydrogen-bond donors (Lipinski definition) is 2. The average Bonchev–Trinajstić information content (AvgIpc) is 2.54. The number of anilines is 4. The van der Waals surface area contributed by atoms with Crippen molar-refractivity contribution >= 4 is 50.7 Å². The van der Waals surface area contributed by atoms with E-state index < -0.39 is 0 Å². The number of aromatic nitrogens is 3. The predicted octanol–water partition coefficient (Wildman–Crippen LogP) is 5.08. The molecule has 0 spiro atoms. The Bertz CT molecular complexity index is 840. The Morgan fingerprint density at radius 2 is 1.87 bits per heavy atom. The summed E-state index contributed by atoms with van der Waals surface area (Å²) < 4.78 is 0.943. The third-order valence-corrected chi connectivity index (χ3v) is 4.07. The third-order valence-electron chi connectivity index (χ3n) is 3.14. The van der Waals surface area contributed by atoms with Gasteiger partial charge in [-0.25, -0.2) is 0 Å². The molecule has 0 fully saturated rings. The molecule has 0 bridgehead atoms. The maximum atomic E-state index is 6.03. The van der Waals surface area contributed by atoms with Crippen molar-refractivity contribution in [3.63, 3.8) is 0 Å². The van der Waals surface area contributed by atoms with E-state index in [1.165, 1.54) is 0 Å². The fourth-order valence-electron chi connectivity index (χ4n) is 1.97. The molecule has 23 heavy (non-hydrogen) atoms. The van der Waals surface area contributed by atoms with Gasteiger partial charge in [-0.3, -0.25) is 0 Å². The summed E-state index contributed by atoms with van der Waals surface area (Å²) in [5, 5.41) is 15.0. The quantitative estimate of drug-likeness (QED) is 0.650. The zero-order chi connectivity index (χ0) is 16.2. The number of hydrogen-bond acceptors (Lipinski definition) is 5. The van der Waals surface area contributed by atoms with Crippen LogP contribution in [0.25, 0.3) is 0 Å². The van der Waals surface area contributed by atoms with Crippen molar-refractivity contribution in [2.24, 2.45) is 0 Å². The first-order valence-electron chi connectivity index (χ1n) is 6.86. The van der Waals surface area contributed by atoms with E-state index in [9.17, 15) is 0 Å². The monoisotopic (exact) mass is 389 g/mol. The highest BCUT2D eigenvalue weighted by atomic mass is 79.9. The van der Waals surface area contributed by atoms with Crippen LogP contribution in [-0.4, -0.2) is 15.2 Å². The summed E-state index contributed by atoms with van der Waals surface area (Å²) in [7, 11) is 0. The Kier molecular flexibility index (Phi) is 4.73. The lowest BCUT2D eigenvalue weighted by Gasteiger charge is -2.10. The van der Waals surface area contributed by atoms with Crippen molar-refractivity contribution in [1.82, 2.24) is 15.2 Å². The molecule has 116 valence electrons. The van der Waals surface area contributed by atoms with Crippen molar-refractivity contribution < 1.29 is 0 Å². The largest absolute Gasteiger partial charge is 0.338 e. The fourth-order valence-corrected chi connectivity index (χ4v) is 2.52. The molecule has 0 aliphatic carbocycles. The Labute approximate surface area is 147 Å². The van der Waals surface area contributed by atoms with Gasteiger partial charge in [0.1, 0.15) is 0 Å². The summed E-state index contributed by atoms with van der Waals surface area (Å²) in [6, 6.07) is 13.4. The number of nitrogens with one attached hydrogen (secondary N) is 2. The van der Waals surface area contributed by atoms with Gasteiger partial charge in [-0.15, -0.1) is 5.10 Å². The molecule has 1 aromatic heterocycles. The van der Waals surface area contributed by atoms with Crippen molar-refractivity contribution in [3.8, 4) is 0 Å². The highest BCUT2D eigenvalue weighted by molar-refractivity contribution is 9.10. The normalized spacial score (nSPS) is 10.4. The standard InChI is InChI=1S/C16H13BrClN5/c1-10-6-7-11(18)8-14(10)21-16-22-15(9-19-23-16)20-13-5-3-2-4-12(13)17/h2-9H,1H3,(H2,20,21,22,23). The number of para-hydroxylation sites is 1. The third kappa shape index (κ3) is 3.97. The molecule has 2 aromatic carbocycles. The molecule has 0 aliphatic heterocycles. The van der Waals surface area contributed by atoms with E-state index in [2.05, 4.69) is 41.7 Å². The lowest BCUT2D eigenvalue weighted by atomic mass is 10.2. The molecule has 1 heterocycles. The van der Waals surface area contributed by atoms with Crippen LogP contribution in [0.5, 0.6) is 0 Å². The number of aryl methyl sites for hydroxylation is 1. The summed E-state index contributed by atoms with van der Waals surface area (Å²) in [5.74, 6) is 0.988. The zero-order valence-electron chi connectivity index (χ0n) is 12.2. The van der Waals surface area contributed by atoms with E-state index in [-0.39, 0.29) is 0 Å². The first-order valence-corrected chi connectivity index (χ1v) is 8.03. The molecule has 0 aliphatic rings. The minimum Gasteiger partial charge on any atom is -0.338 e. The van der Waals surface area contributed by atoms with E-state index in [4.69, 9.17) is 11.6 Å². The maximum absolute atomic E-state index is 6.03. The summed E-state index contributed by atoms with van der Waals surface area (Å²) in [6.07, 6.45) is 1.56. The molecule has 3 aromatic rings. The van der Waals surface area contributed by atoms with Crippen LogP contribution >= 0.6 is 27.5 Å². The Morgan fingerprint density at radius 3 is 2.70 bits per heavy atom.